The summed E-state index contributed by atoms with van der Waals surface area (Å²) in [5, 5.41) is 2.76. The molecule has 146 valence electrons. The quantitative estimate of drug-likeness (QED) is 0.727. The van der Waals surface area contributed by atoms with E-state index in [1.807, 2.05) is 20.8 Å². The second-order valence-corrected chi connectivity index (χ2v) is 9.41. The summed E-state index contributed by atoms with van der Waals surface area (Å²) in [6, 6.07) is 1.12. The fourth-order valence-corrected chi connectivity index (χ4v) is 5.18. The molecule has 1 aromatic rings. The first-order valence-corrected chi connectivity index (χ1v) is 10.8. The van der Waals surface area contributed by atoms with E-state index in [0.29, 0.717) is 25.4 Å². The van der Waals surface area contributed by atoms with Crippen molar-refractivity contribution in [3.05, 3.63) is 24.2 Å². The molecule has 26 heavy (non-hydrogen) atoms. The van der Waals surface area contributed by atoms with Crippen molar-refractivity contribution in [1.29, 1.82) is 0 Å². The molecule has 0 unspecified atom stereocenters. The van der Waals surface area contributed by atoms with E-state index >= 15 is 0 Å². The number of hydrogen-bond acceptors (Lipinski definition) is 5. The molecule has 0 radical (unpaired) electrons. The molecule has 0 bridgehead atoms. The molecule has 1 saturated heterocycles. The highest BCUT2D eigenvalue weighted by molar-refractivity contribution is 7.91. The number of sulfone groups is 1. The highest BCUT2D eigenvalue weighted by Crippen LogP contribution is 2.22. The molecule has 8 heteroatoms. The summed E-state index contributed by atoms with van der Waals surface area (Å²) in [4.78, 5) is 26.7. The van der Waals surface area contributed by atoms with Gasteiger partial charge >= 0.3 is 0 Å². The molecular weight excluding hydrogens is 356 g/mol. The van der Waals surface area contributed by atoms with Crippen LogP contribution >= 0.6 is 0 Å². The Morgan fingerprint density at radius 2 is 2.08 bits per heavy atom. The van der Waals surface area contributed by atoms with Gasteiger partial charge in [-0.3, -0.25) is 9.59 Å². The van der Waals surface area contributed by atoms with Crippen LogP contribution in [0.4, 0.5) is 0 Å². The van der Waals surface area contributed by atoms with Gasteiger partial charge in [0.05, 0.1) is 36.0 Å². The zero-order valence-corrected chi connectivity index (χ0v) is 16.4. The van der Waals surface area contributed by atoms with E-state index in [0.717, 1.165) is 5.56 Å². The molecule has 1 aromatic heterocycles. The monoisotopic (exact) mass is 384 g/mol. The number of nitrogens with one attached hydrogen (secondary N) is 1. The first-order valence-electron chi connectivity index (χ1n) is 9.01. The summed E-state index contributed by atoms with van der Waals surface area (Å²) < 4.78 is 29.1. The Bertz CT molecular complexity index is 712. The Balaban J connectivity index is 2.01. The highest BCUT2D eigenvalue weighted by atomic mass is 32.2. The fourth-order valence-electron chi connectivity index (χ4n) is 3.26. The standard InChI is InChI=1S/C18H28N2O5S/c1-4-20(9-13(2)3)18(22)15-11-26(23,24)12-16(15)19-17(21)6-5-14-7-8-25-10-14/h7-8,10,13,15-16H,4-6,9,11-12H2,1-3H3,(H,19,21)/t15-,16-/m1/s1. The van der Waals surface area contributed by atoms with Gasteiger partial charge in [0, 0.05) is 19.5 Å². The lowest BCUT2D eigenvalue weighted by atomic mass is 10.0. The van der Waals surface area contributed by atoms with E-state index in [1.54, 1.807) is 23.5 Å². The molecule has 2 heterocycles. The van der Waals surface area contributed by atoms with Gasteiger partial charge in [-0.2, -0.15) is 0 Å². The number of rotatable bonds is 8. The lowest BCUT2D eigenvalue weighted by Crippen LogP contribution is -2.48. The maximum atomic E-state index is 12.8. The average molecular weight is 384 g/mol. The van der Waals surface area contributed by atoms with Gasteiger partial charge in [0.2, 0.25) is 11.8 Å². The van der Waals surface area contributed by atoms with Crippen molar-refractivity contribution >= 4 is 21.7 Å². The molecule has 2 atom stereocenters. The van der Waals surface area contributed by atoms with Crippen LogP contribution in [0.5, 0.6) is 0 Å². The third-order valence-corrected chi connectivity index (χ3v) is 6.25. The first-order chi connectivity index (χ1) is 12.2. The normalized spacial score (nSPS) is 21.7. The largest absolute Gasteiger partial charge is 0.472 e. The van der Waals surface area contributed by atoms with Crippen LogP contribution < -0.4 is 5.32 Å². The summed E-state index contributed by atoms with van der Waals surface area (Å²) in [7, 11) is -3.34. The molecule has 1 aliphatic heterocycles. The van der Waals surface area contributed by atoms with E-state index < -0.39 is 21.8 Å². The van der Waals surface area contributed by atoms with Gasteiger partial charge in [-0.1, -0.05) is 13.8 Å². The number of furan rings is 1. The Morgan fingerprint density at radius 1 is 1.35 bits per heavy atom. The highest BCUT2D eigenvalue weighted by Gasteiger charge is 2.44. The number of carbonyl (C=O) groups excluding carboxylic acids is 2. The molecule has 1 N–H and O–H groups in total. The molecule has 2 amide bonds. The summed E-state index contributed by atoms with van der Waals surface area (Å²) in [5.74, 6) is -1.25. The van der Waals surface area contributed by atoms with Crippen molar-refractivity contribution in [3.63, 3.8) is 0 Å². The van der Waals surface area contributed by atoms with Crippen LogP contribution in [-0.4, -0.2) is 55.8 Å². The van der Waals surface area contributed by atoms with E-state index in [1.165, 1.54) is 0 Å². The smallest absolute Gasteiger partial charge is 0.228 e. The van der Waals surface area contributed by atoms with Crippen LogP contribution in [-0.2, 0) is 25.8 Å². The second kappa shape index (κ2) is 8.70. The molecule has 1 fully saturated rings. The van der Waals surface area contributed by atoms with Gasteiger partial charge in [0.15, 0.2) is 9.84 Å². The SMILES string of the molecule is CCN(CC(C)C)C(=O)[C@@H]1CS(=O)(=O)C[C@H]1NC(=O)CCc1ccoc1. The minimum Gasteiger partial charge on any atom is -0.472 e. The van der Waals surface area contributed by atoms with Crippen molar-refractivity contribution < 1.29 is 22.4 Å². The van der Waals surface area contributed by atoms with Crippen molar-refractivity contribution in [2.75, 3.05) is 24.6 Å². The lowest BCUT2D eigenvalue weighted by molar-refractivity contribution is -0.136. The number of carbonyl (C=O) groups is 2. The van der Waals surface area contributed by atoms with Gasteiger partial charge in [-0.05, 0) is 30.9 Å². The van der Waals surface area contributed by atoms with Crippen molar-refractivity contribution in [3.8, 4) is 0 Å². The van der Waals surface area contributed by atoms with E-state index in [2.05, 4.69) is 5.32 Å². The van der Waals surface area contributed by atoms with Crippen LogP contribution in [0.1, 0.15) is 32.8 Å². The van der Waals surface area contributed by atoms with Gasteiger partial charge in [-0.15, -0.1) is 0 Å². The Morgan fingerprint density at radius 3 is 2.65 bits per heavy atom. The number of nitrogens with zero attached hydrogens (tertiary/aromatic N) is 1. The molecule has 0 aliphatic carbocycles. The zero-order chi connectivity index (χ0) is 19.3. The van der Waals surface area contributed by atoms with Crippen LogP contribution in [0, 0.1) is 11.8 Å². The number of amides is 2. The van der Waals surface area contributed by atoms with Gasteiger partial charge in [0.25, 0.3) is 0 Å². The Labute approximate surface area is 155 Å². The van der Waals surface area contributed by atoms with E-state index in [4.69, 9.17) is 4.42 Å². The van der Waals surface area contributed by atoms with Gasteiger partial charge < -0.3 is 14.6 Å². The van der Waals surface area contributed by atoms with E-state index in [9.17, 15) is 18.0 Å². The van der Waals surface area contributed by atoms with Gasteiger partial charge in [0.1, 0.15) is 0 Å². The maximum absolute atomic E-state index is 12.8. The summed E-state index contributed by atoms with van der Waals surface area (Å²) in [5.41, 5.74) is 0.904. The van der Waals surface area contributed by atoms with Crippen molar-refractivity contribution in [2.24, 2.45) is 11.8 Å². The second-order valence-electron chi connectivity index (χ2n) is 7.26. The number of aryl methyl sites for hydroxylation is 1. The van der Waals surface area contributed by atoms with Gasteiger partial charge in [-0.25, -0.2) is 8.42 Å². The maximum Gasteiger partial charge on any atom is 0.228 e. The average Bonchev–Trinajstić information content (AvgIpc) is 3.17. The van der Waals surface area contributed by atoms with Crippen LogP contribution in [0.15, 0.2) is 23.0 Å². The van der Waals surface area contributed by atoms with Crippen molar-refractivity contribution in [1.82, 2.24) is 10.2 Å². The zero-order valence-electron chi connectivity index (χ0n) is 15.6. The Kier molecular flexibility index (Phi) is 6.86. The summed E-state index contributed by atoms with van der Waals surface area (Å²) in [6.45, 7) is 7.00. The summed E-state index contributed by atoms with van der Waals surface area (Å²) >= 11 is 0. The predicted molar refractivity (Wildman–Crippen MR) is 98.2 cm³/mol. The molecular formula is C18H28N2O5S. The van der Waals surface area contributed by atoms with Crippen LogP contribution in [0.2, 0.25) is 0 Å². The summed E-state index contributed by atoms with van der Waals surface area (Å²) in [6.07, 6.45) is 3.85. The molecule has 0 spiro atoms. The lowest BCUT2D eigenvalue weighted by Gasteiger charge is -2.28. The van der Waals surface area contributed by atoms with Crippen LogP contribution in [0.3, 0.4) is 0 Å². The molecule has 7 nitrogen and oxygen atoms in total. The van der Waals surface area contributed by atoms with E-state index in [-0.39, 0.29) is 29.7 Å². The molecule has 0 saturated carbocycles. The topological polar surface area (TPSA) is 96.7 Å². The van der Waals surface area contributed by atoms with Crippen LogP contribution in [0.25, 0.3) is 0 Å². The van der Waals surface area contributed by atoms with Crippen molar-refractivity contribution in [2.45, 2.75) is 39.7 Å². The predicted octanol–water partition coefficient (Wildman–Crippen LogP) is 1.25. The third-order valence-electron chi connectivity index (χ3n) is 4.52. The molecule has 0 aromatic carbocycles. The molecule has 2 rings (SSSR count). The first kappa shape index (κ1) is 20.5. The minimum atomic E-state index is -3.34. The molecule has 1 aliphatic rings. The fraction of sp³-hybridized carbons (Fsp3) is 0.667. The number of hydrogen-bond donors (Lipinski definition) is 1. The minimum absolute atomic E-state index is 0.180. The third kappa shape index (κ3) is 5.59. The Hall–Kier alpha value is -1.83.